The van der Waals surface area contributed by atoms with E-state index in [-0.39, 0.29) is 5.12 Å². The first kappa shape index (κ1) is 17.8. The smallest absolute Gasteiger partial charge is 0.225 e. The van der Waals surface area contributed by atoms with Gasteiger partial charge < -0.3 is 0 Å². The van der Waals surface area contributed by atoms with E-state index in [4.69, 9.17) is 11.6 Å². The summed E-state index contributed by atoms with van der Waals surface area (Å²) >= 11 is 6.44. The molecule has 0 bridgehead atoms. The fourth-order valence-corrected chi connectivity index (χ4v) is 4.12. The van der Waals surface area contributed by atoms with Crippen molar-refractivity contribution >= 4 is 49.9 Å². The Morgan fingerprint density at radius 1 is 0.826 bits per heavy atom. The van der Waals surface area contributed by atoms with Gasteiger partial charge in [0.2, 0.25) is 15.8 Å². The van der Waals surface area contributed by atoms with Gasteiger partial charge in [-0.1, -0.05) is 72.3 Å². The van der Waals surface area contributed by atoms with Gasteiger partial charge in [0.15, 0.2) is 5.12 Å². The van der Waals surface area contributed by atoms with Crippen molar-refractivity contribution in [1.82, 2.24) is 0 Å². The van der Waals surface area contributed by atoms with Crippen LogP contribution in [0.1, 0.15) is 27.6 Å². The zero-order valence-electron chi connectivity index (χ0n) is 12.2. The molecule has 118 valence electrons. The lowest BCUT2D eigenvalue weighted by molar-refractivity contribution is -0.109. The molecule has 23 heavy (non-hydrogen) atoms. The lowest BCUT2D eigenvalue weighted by Crippen LogP contribution is -2.37. The number of benzene rings is 2. The summed E-state index contributed by atoms with van der Waals surface area (Å²) in [5, 5.41) is -0.234. The van der Waals surface area contributed by atoms with Crippen LogP contribution in [-0.4, -0.2) is 20.9 Å². The van der Waals surface area contributed by atoms with E-state index in [1.165, 1.54) is 6.92 Å². The van der Waals surface area contributed by atoms with Gasteiger partial charge in [0.05, 0.1) is 0 Å². The van der Waals surface area contributed by atoms with Crippen molar-refractivity contribution in [3.63, 3.8) is 0 Å². The Kier molecular flexibility index (Phi) is 6.04. The second-order valence-corrected chi connectivity index (χ2v) is 7.96. The average Bonchev–Trinajstić information content (AvgIpc) is 2.59. The molecule has 3 nitrogen and oxygen atoms in total. The molecule has 0 fully saturated rings. The number of carbonyl (C=O) groups is 3. The van der Waals surface area contributed by atoms with E-state index in [0.29, 0.717) is 11.1 Å². The van der Waals surface area contributed by atoms with E-state index in [0.717, 1.165) is 21.6 Å². The van der Waals surface area contributed by atoms with Gasteiger partial charge in [0, 0.05) is 18.1 Å². The topological polar surface area (TPSA) is 51.2 Å². The molecule has 2 aromatic carbocycles. The Morgan fingerprint density at radius 2 is 1.22 bits per heavy atom. The van der Waals surface area contributed by atoms with Gasteiger partial charge >= 0.3 is 0 Å². The predicted molar refractivity (Wildman–Crippen MR) is 96.0 cm³/mol. The van der Waals surface area contributed by atoms with Gasteiger partial charge in [-0.2, -0.15) is 0 Å². The van der Waals surface area contributed by atoms with Crippen molar-refractivity contribution in [3.8, 4) is 0 Å². The normalized spacial score (nSPS) is 11.0. The third kappa shape index (κ3) is 4.25. The van der Waals surface area contributed by atoms with Crippen LogP contribution in [0.25, 0.3) is 0 Å². The fourth-order valence-electron chi connectivity index (χ4n) is 1.85. The maximum Gasteiger partial charge on any atom is 0.225 e. The van der Waals surface area contributed by atoms with E-state index in [1.54, 1.807) is 60.7 Å². The minimum Gasteiger partial charge on any atom is -0.291 e. The molecule has 0 aliphatic heterocycles. The largest absolute Gasteiger partial charge is 0.291 e. The summed E-state index contributed by atoms with van der Waals surface area (Å²) in [6.45, 7) is 1.36. The molecule has 0 saturated carbocycles. The van der Waals surface area contributed by atoms with Crippen molar-refractivity contribution in [2.75, 3.05) is 0 Å². The first-order valence-electron chi connectivity index (χ1n) is 6.70. The first-order valence-corrected chi connectivity index (χ1v) is 9.23. The Bertz CT molecular complexity index is 666. The summed E-state index contributed by atoms with van der Waals surface area (Å²) in [4.78, 5) is 36.9. The molecule has 0 radical (unpaired) electrons. The number of rotatable bonds is 6. The molecule has 0 aliphatic carbocycles. The quantitative estimate of drug-likeness (QED) is 0.324. The molecule has 2 aromatic rings. The molecule has 0 atom stereocenters. The molecule has 0 amide bonds. The number of alkyl halides is 1. The van der Waals surface area contributed by atoms with Crippen LogP contribution in [0, 0.1) is 0 Å². The molecule has 0 N–H and O–H groups in total. The number of hydrogen-bond donors (Lipinski definition) is 0. The van der Waals surface area contributed by atoms with Crippen LogP contribution in [0.5, 0.6) is 0 Å². The SMILES string of the molecule is CC(=O)SSC(Cl)(C(=O)c1ccccc1)C(=O)c1ccccc1. The third-order valence-electron chi connectivity index (χ3n) is 2.93. The van der Waals surface area contributed by atoms with E-state index in [1.807, 2.05) is 0 Å². The maximum atomic E-state index is 12.8. The molecular weight excluding hydrogens is 352 g/mol. The molecule has 0 saturated heterocycles. The van der Waals surface area contributed by atoms with Crippen LogP contribution < -0.4 is 0 Å². The zero-order valence-corrected chi connectivity index (χ0v) is 14.6. The highest BCUT2D eigenvalue weighted by molar-refractivity contribution is 8.83. The van der Waals surface area contributed by atoms with E-state index in [2.05, 4.69) is 0 Å². The van der Waals surface area contributed by atoms with Crippen molar-refractivity contribution in [1.29, 1.82) is 0 Å². The molecule has 0 unspecified atom stereocenters. The minimum atomic E-state index is -1.89. The fraction of sp³-hybridized carbons (Fsp3) is 0.118. The Hall–Kier alpha value is -1.56. The van der Waals surface area contributed by atoms with Crippen LogP contribution in [0.3, 0.4) is 0 Å². The van der Waals surface area contributed by atoms with Crippen LogP contribution in [0.4, 0.5) is 0 Å². The number of ketones is 2. The van der Waals surface area contributed by atoms with Crippen LogP contribution in [0.15, 0.2) is 60.7 Å². The number of carbonyl (C=O) groups excluding carboxylic acids is 3. The highest BCUT2D eigenvalue weighted by Gasteiger charge is 2.46. The monoisotopic (exact) mass is 364 g/mol. The Labute approximate surface area is 147 Å². The molecule has 0 spiro atoms. The average molecular weight is 365 g/mol. The van der Waals surface area contributed by atoms with Gasteiger partial charge in [0.1, 0.15) is 0 Å². The highest BCUT2D eigenvalue weighted by atomic mass is 35.5. The molecule has 6 heteroatoms. The molecule has 2 rings (SSSR count). The van der Waals surface area contributed by atoms with Crippen molar-refractivity contribution in [2.24, 2.45) is 0 Å². The summed E-state index contributed by atoms with van der Waals surface area (Å²) in [6, 6.07) is 16.7. The Morgan fingerprint density at radius 3 is 1.57 bits per heavy atom. The van der Waals surface area contributed by atoms with Crippen LogP contribution in [-0.2, 0) is 4.79 Å². The number of hydrogen-bond acceptors (Lipinski definition) is 5. The lowest BCUT2D eigenvalue weighted by Gasteiger charge is -2.22. The van der Waals surface area contributed by atoms with Gasteiger partial charge in [-0.25, -0.2) is 0 Å². The zero-order chi connectivity index (χ0) is 16.9. The highest BCUT2D eigenvalue weighted by Crippen LogP contribution is 2.44. The van der Waals surface area contributed by atoms with E-state index < -0.39 is 15.8 Å². The van der Waals surface area contributed by atoms with Gasteiger partial charge in [-0.15, -0.1) is 0 Å². The van der Waals surface area contributed by atoms with Gasteiger partial charge in [0.25, 0.3) is 0 Å². The maximum absolute atomic E-state index is 12.8. The summed E-state index contributed by atoms with van der Waals surface area (Å²) < 4.78 is -1.89. The molecule has 0 heterocycles. The number of halogens is 1. The summed E-state index contributed by atoms with van der Waals surface area (Å²) in [5.41, 5.74) is 0.645. The summed E-state index contributed by atoms with van der Waals surface area (Å²) in [5.74, 6) is -1.07. The van der Waals surface area contributed by atoms with Crippen molar-refractivity contribution in [3.05, 3.63) is 71.8 Å². The van der Waals surface area contributed by atoms with Crippen LogP contribution in [0.2, 0.25) is 0 Å². The van der Waals surface area contributed by atoms with Gasteiger partial charge in [-0.3, -0.25) is 14.4 Å². The van der Waals surface area contributed by atoms with Crippen molar-refractivity contribution in [2.45, 2.75) is 11.1 Å². The van der Waals surface area contributed by atoms with E-state index in [9.17, 15) is 14.4 Å². The van der Waals surface area contributed by atoms with E-state index >= 15 is 0 Å². The summed E-state index contributed by atoms with van der Waals surface area (Å²) in [7, 11) is 1.56. The molecule has 0 aliphatic rings. The van der Waals surface area contributed by atoms with Crippen LogP contribution >= 0.6 is 33.2 Å². The summed E-state index contributed by atoms with van der Waals surface area (Å²) in [6.07, 6.45) is 0. The third-order valence-corrected chi connectivity index (χ3v) is 6.40. The second-order valence-electron chi connectivity index (χ2n) is 4.64. The molecular formula is C17H13ClO3S2. The predicted octanol–water partition coefficient (Wildman–Crippen LogP) is 4.62. The molecule has 0 aromatic heterocycles. The lowest BCUT2D eigenvalue weighted by atomic mass is 10.0. The first-order chi connectivity index (χ1) is 10.9. The van der Waals surface area contributed by atoms with Gasteiger partial charge in [-0.05, 0) is 21.6 Å². The standard InChI is InChI=1S/C17H13ClO3S2/c1-12(19)22-23-17(18,15(20)13-8-4-2-5-9-13)16(21)14-10-6-3-7-11-14/h2-11H,1H3. The Balaban J connectivity index is 2.41. The number of Topliss-reactive ketones (excluding diaryl/α,β-unsaturated/α-hetero) is 2. The second kappa shape index (κ2) is 7.81. The van der Waals surface area contributed by atoms with Crippen molar-refractivity contribution < 1.29 is 14.4 Å². The minimum absolute atomic E-state index is 0.234.